The molecule has 52 heavy (non-hydrogen) atoms. The lowest BCUT2D eigenvalue weighted by atomic mass is 9.33. The van der Waals surface area contributed by atoms with E-state index in [9.17, 15) is 39.5 Å². The van der Waals surface area contributed by atoms with Gasteiger partial charge < -0.3 is 9.80 Å². The Morgan fingerprint density at radius 1 is 0.500 bits per heavy atom. The van der Waals surface area contributed by atoms with Gasteiger partial charge in [0.2, 0.25) is 0 Å². The summed E-state index contributed by atoms with van der Waals surface area (Å²) in [6, 6.07) is 22.3. The monoisotopic (exact) mass is 720 g/mol. The minimum Gasteiger partial charge on any atom is -0.311 e. The Labute approximate surface area is 294 Å². The molecule has 0 aromatic heterocycles. The predicted molar refractivity (Wildman–Crippen MR) is 186 cm³/mol. The molecular formula is C40H30BF9N2. The van der Waals surface area contributed by atoms with E-state index in [1.54, 1.807) is 4.90 Å². The standard InChI is InChI=1S/C40H30BF9N2/c1-23-7-13-29(14-8-23)51-33-17-11-27(39(45,46)47)21-31(33)41-32-22-28(40(48,49)50)12-18-34(32)52(30-15-9-26(10-16-30)38(42,43)44)36-20-25(19-35(51)37(36)41)24-5-3-2-4-6-24/h7-22,24H,2-6H2,1H3. The Morgan fingerprint density at radius 3 is 1.37 bits per heavy atom. The Hall–Kier alpha value is -4.87. The van der Waals surface area contributed by atoms with E-state index in [1.165, 1.54) is 24.3 Å². The molecule has 0 bridgehead atoms. The number of rotatable bonds is 3. The predicted octanol–water partition coefficient (Wildman–Crippen LogP) is 11.2. The van der Waals surface area contributed by atoms with Crippen LogP contribution >= 0.6 is 0 Å². The van der Waals surface area contributed by atoms with E-state index in [-0.39, 0.29) is 28.2 Å². The Morgan fingerprint density at radius 2 is 0.923 bits per heavy atom. The van der Waals surface area contributed by atoms with Gasteiger partial charge in [0.05, 0.1) is 16.7 Å². The SMILES string of the molecule is Cc1ccc(N2c3ccc(C(F)(F)F)cc3B3c4cc(C(F)(F)F)ccc4N(c4ccc(C(F)(F)F)cc4)c4cc(C5CCCCC5)cc2c43)cc1. The summed E-state index contributed by atoms with van der Waals surface area (Å²) in [6.07, 6.45) is -9.29. The molecule has 0 atom stereocenters. The van der Waals surface area contributed by atoms with Gasteiger partial charge in [-0.25, -0.2) is 0 Å². The maximum atomic E-state index is 14.4. The second-order valence-electron chi connectivity index (χ2n) is 13.8. The van der Waals surface area contributed by atoms with Crippen LogP contribution in [0.2, 0.25) is 0 Å². The summed E-state index contributed by atoms with van der Waals surface area (Å²) in [5, 5.41) is 0. The van der Waals surface area contributed by atoms with Crippen LogP contribution in [-0.2, 0) is 18.5 Å². The first-order valence-electron chi connectivity index (χ1n) is 17.0. The van der Waals surface area contributed by atoms with E-state index in [0.717, 1.165) is 79.6 Å². The van der Waals surface area contributed by atoms with Crippen molar-refractivity contribution in [3.8, 4) is 0 Å². The average molecular weight is 720 g/mol. The molecule has 12 heteroatoms. The summed E-state index contributed by atoms with van der Waals surface area (Å²) in [5.41, 5.74) is 2.45. The van der Waals surface area contributed by atoms with Crippen molar-refractivity contribution in [3.63, 3.8) is 0 Å². The molecule has 0 spiro atoms. The van der Waals surface area contributed by atoms with Gasteiger partial charge in [-0.15, -0.1) is 0 Å². The van der Waals surface area contributed by atoms with E-state index in [2.05, 4.69) is 0 Å². The molecule has 1 aliphatic carbocycles. The van der Waals surface area contributed by atoms with Gasteiger partial charge in [-0.2, -0.15) is 39.5 Å². The van der Waals surface area contributed by atoms with Crippen molar-refractivity contribution in [3.05, 3.63) is 125 Å². The van der Waals surface area contributed by atoms with Gasteiger partial charge in [-0.05, 0) is 120 Å². The van der Waals surface area contributed by atoms with Crippen molar-refractivity contribution in [1.82, 2.24) is 0 Å². The van der Waals surface area contributed by atoms with Crippen molar-refractivity contribution < 1.29 is 39.5 Å². The Bertz CT molecular complexity index is 2170. The number of alkyl halides is 9. The molecule has 266 valence electrons. The quantitative estimate of drug-likeness (QED) is 0.132. The number of anilines is 6. The van der Waals surface area contributed by atoms with Gasteiger partial charge in [-0.1, -0.05) is 49.1 Å². The highest BCUT2D eigenvalue weighted by atomic mass is 19.4. The molecule has 0 unspecified atom stereocenters. The fourth-order valence-electron chi connectivity index (χ4n) is 8.10. The maximum Gasteiger partial charge on any atom is 0.416 e. The van der Waals surface area contributed by atoms with Crippen LogP contribution in [0.15, 0.2) is 97.1 Å². The van der Waals surface area contributed by atoms with Crippen LogP contribution < -0.4 is 26.2 Å². The first-order valence-corrected chi connectivity index (χ1v) is 17.0. The van der Waals surface area contributed by atoms with Crippen LogP contribution in [0.3, 0.4) is 0 Å². The summed E-state index contributed by atoms with van der Waals surface area (Å²) in [5.74, 6) is 0.131. The number of nitrogens with zero attached hydrogens (tertiary/aromatic N) is 2. The fraction of sp³-hybridized carbons (Fsp3) is 0.250. The topological polar surface area (TPSA) is 6.48 Å². The molecule has 0 amide bonds. The Kier molecular flexibility index (Phi) is 7.97. The third-order valence-corrected chi connectivity index (χ3v) is 10.6. The van der Waals surface area contributed by atoms with Crippen LogP contribution in [0.5, 0.6) is 0 Å². The second kappa shape index (κ2) is 12.1. The van der Waals surface area contributed by atoms with Gasteiger partial charge in [0.25, 0.3) is 6.71 Å². The molecule has 0 N–H and O–H groups in total. The van der Waals surface area contributed by atoms with Crippen LogP contribution in [0.4, 0.5) is 73.6 Å². The van der Waals surface area contributed by atoms with E-state index < -0.39 is 41.9 Å². The largest absolute Gasteiger partial charge is 0.416 e. The molecule has 8 rings (SSSR count). The van der Waals surface area contributed by atoms with Crippen molar-refractivity contribution >= 4 is 57.2 Å². The van der Waals surface area contributed by atoms with E-state index in [1.807, 2.05) is 48.2 Å². The van der Waals surface area contributed by atoms with Crippen molar-refractivity contribution in [2.75, 3.05) is 9.80 Å². The highest BCUT2D eigenvalue weighted by molar-refractivity contribution is 7.00. The lowest BCUT2D eigenvalue weighted by Crippen LogP contribution is -2.61. The minimum atomic E-state index is -4.78. The highest BCUT2D eigenvalue weighted by Crippen LogP contribution is 2.48. The first-order chi connectivity index (χ1) is 24.6. The number of benzene rings is 5. The van der Waals surface area contributed by atoms with Crippen LogP contribution in [-0.4, -0.2) is 6.71 Å². The maximum absolute atomic E-state index is 14.4. The number of halogens is 9. The van der Waals surface area contributed by atoms with Crippen molar-refractivity contribution in [1.29, 1.82) is 0 Å². The third kappa shape index (κ3) is 5.80. The van der Waals surface area contributed by atoms with Crippen molar-refractivity contribution in [2.24, 2.45) is 0 Å². The fourth-order valence-corrected chi connectivity index (χ4v) is 8.10. The molecule has 1 fully saturated rings. The zero-order valence-electron chi connectivity index (χ0n) is 27.7. The number of aryl methyl sites for hydroxylation is 1. The highest BCUT2D eigenvalue weighted by Gasteiger charge is 2.46. The van der Waals surface area contributed by atoms with Gasteiger partial charge in [0.15, 0.2) is 0 Å². The number of fused-ring (bicyclic) bond motifs is 4. The molecule has 0 saturated heterocycles. The van der Waals surface area contributed by atoms with Crippen molar-refractivity contribution in [2.45, 2.75) is 63.5 Å². The van der Waals surface area contributed by atoms with Crippen LogP contribution in [0.25, 0.3) is 0 Å². The second-order valence-corrected chi connectivity index (χ2v) is 13.8. The zero-order valence-corrected chi connectivity index (χ0v) is 27.7. The van der Waals surface area contributed by atoms with Crippen LogP contribution in [0.1, 0.15) is 65.8 Å². The molecule has 3 aliphatic rings. The zero-order chi connectivity index (χ0) is 36.7. The molecule has 5 aromatic carbocycles. The summed E-state index contributed by atoms with van der Waals surface area (Å²) in [7, 11) is 0. The minimum absolute atomic E-state index is 0.0954. The number of hydrogen-bond donors (Lipinski definition) is 0. The average Bonchev–Trinajstić information content (AvgIpc) is 3.10. The third-order valence-electron chi connectivity index (χ3n) is 10.6. The molecule has 1 saturated carbocycles. The summed E-state index contributed by atoms with van der Waals surface area (Å²) >= 11 is 0. The normalized spacial score (nSPS) is 16.1. The van der Waals surface area contributed by atoms with E-state index in [0.29, 0.717) is 28.2 Å². The van der Waals surface area contributed by atoms with Gasteiger partial charge in [0.1, 0.15) is 0 Å². The lowest BCUT2D eigenvalue weighted by Gasteiger charge is -2.45. The van der Waals surface area contributed by atoms with Gasteiger partial charge in [0, 0.05) is 34.1 Å². The first kappa shape index (κ1) is 34.2. The summed E-state index contributed by atoms with van der Waals surface area (Å²) in [4.78, 5) is 3.52. The van der Waals surface area contributed by atoms with E-state index in [4.69, 9.17) is 0 Å². The molecule has 2 heterocycles. The molecule has 2 nitrogen and oxygen atoms in total. The smallest absolute Gasteiger partial charge is 0.311 e. The number of hydrogen-bond acceptors (Lipinski definition) is 2. The van der Waals surface area contributed by atoms with Gasteiger partial charge >= 0.3 is 18.5 Å². The molecule has 0 radical (unpaired) electrons. The molecule has 5 aromatic rings. The Balaban J connectivity index is 1.48. The van der Waals surface area contributed by atoms with Gasteiger partial charge in [-0.3, -0.25) is 0 Å². The molecule has 2 aliphatic heterocycles. The van der Waals surface area contributed by atoms with E-state index >= 15 is 0 Å². The summed E-state index contributed by atoms with van der Waals surface area (Å²) in [6.45, 7) is 0.842. The van der Waals surface area contributed by atoms with Crippen LogP contribution in [0, 0.1) is 6.92 Å². The molecular weight excluding hydrogens is 690 g/mol. The lowest BCUT2D eigenvalue weighted by molar-refractivity contribution is -0.138. The summed E-state index contributed by atoms with van der Waals surface area (Å²) < 4.78 is 127.